The van der Waals surface area contributed by atoms with Gasteiger partial charge in [-0.15, -0.1) is 0 Å². The molecule has 1 aliphatic rings. The molecule has 0 spiro atoms. The first-order chi connectivity index (χ1) is 8.74. The number of allylic oxidation sites excluding steroid dienone is 2. The van der Waals surface area contributed by atoms with Crippen molar-refractivity contribution in [3.05, 3.63) is 47.3 Å². The zero-order chi connectivity index (χ0) is 13.0. The van der Waals surface area contributed by atoms with Crippen LogP contribution in [0.3, 0.4) is 0 Å². The van der Waals surface area contributed by atoms with Crippen LogP contribution in [0.25, 0.3) is 0 Å². The zero-order valence-electron chi connectivity index (χ0n) is 10.0. The molecule has 1 aromatic carbocycles. The maximum atomic E-state index is 9.08. The first-order valence-electron chi connectivity index (χ1n) is 5.64. The minimum absolute atomic E-state index is 0.0181. The molecule has 0 aliphatic carbocycles. The third-order valence-corrected chi connectivity index (χ3v) is 2.78. The average Bonchev–Trinajstić information content (AvgIpc) is 2.58. The van der Waals surface area contributed by atoms with E-state index in [1.54, 1.807) is 0 Å². The molecule has 18 heavy (non-hydrogen) atoms. The van der Waals surface area contributed by atoms with E-state index in [2.05, 4.69) is 10.3 Å². The van der Waals surface area contributed by atoms with Gasteiger partial charge in [-0.25, -0.2) is 4.99 Å². The van der Waals surface area contributed by atoms with E-state index in [4.69, 9.17) is 10.5 Å². The Balaban J connectivity index is 2.40. The molecule has 1 aromatic rings. The Labute approximate surface area is 106 Å². The first kappa shape index (κ1) is 11.9. The van der Waals surface area contributed by atoms with E-state index in [1.165, 1.54) is 0 Å². The van der Waals surface area contributed by atoms with Crippen molar-refractivity contribution in [2.24, 2.45) is 4.99 Å². The van der Waals surface area contributed by atoms with Gasteiger partial charge in [0.05, 0.1) is 6.04 Å². The summed E-state index contributed by atoms with van der Waals surface area (Å²) in [6.45, 7) is 1.87. The number of nitrogens with zero attached hydrogens (tertiary/aromatic N) is 3. The van der Waals surface area contributed by atoms with Gasteiger partial charge in [-0.05, 0) is 12.5 Å². The van der Waals surface area contributed by atoms with Gasteiger partial charge in [0, 0.05) is 12.1 Å². The predicted octanol–water partition coefficient (Wildman–Crippen LogP) is 2.44. The van der Waals surface area contributed by atoms with Gasteiger partial charge in [0.2, 0.25) is 0 Å². The van der Waals surface area contributed by atoms with Crippen molar-refractivity contribution >= 4 is 5.71 Å². The van der Waals surface area contributed by atoms with Gasteiger partial charge in [-0.3, -0.25) is 0 Å². The fourth-order valence-electron chi connectivity index (χ4n) is 1.93. The molecule has 1 heterocycles. The van der Waals surface area contributed by atoms with Gasteiger partial charge < -0.3 is 5.32 Å². The number of benzene rings is 1. The van der Waals surface area contributed by atoms with Crippen LogP contribution in [0.1, 0.15) is 24.9 Å². The third-order valence-electron chi connectivity index (χ3n) is 2.78. The molecule has 88 valence electrons. The highest BCUT2D eigenvalue weighted by molar-refractivity contribution is 5.84. The van der Waals surface area contributed by atoms with Crippen molar-refractivity contribution in [2.75, 3.05) is 0 Å². The summed E-state index contributed by atoms with van der Waals surface area (Å²) in [6, 6.07) is 13.8. The fraction of sp³-hybridized carbons (Fsp3) is 0.214. The molecular weight excluding hydrogens is 224 g/mol. The average molecular weight is 236 g/mol. The number of rotatable bonds is 1. The van der Waals surface area contributed by atoms with Crippen molar-refractivity contribution in [1.29, 1.82) is 10.5 Å². The van der Waals surface area contributed by atoms with Crippen molar-refractivity contribution in [2.45, 2.75) is 19.4 Å². The summed E-state index contributed by atoms with van der Waals surface area (Å²) >= 11 is 0. The summed E-state index contributed by atoms with van der Waals surface area (Å²) in [5.41, 5.74) is 2.33. The standard InChI is InChI=1S/C14H12N4/c1-10-7-12(11-5-3-2-4-6-11)18-14(9-16)13(8-15)17-10/h2-6,12,18H,7H2,1H3. The van der Waals surface area contributed by atoms with E-state index >= 15 is 0 Å². The van der Waals surface area contributed by atoms with Gasteiger partial charge in [-0.1, -0.05) is 30.3 Å². The summed E-state index contributed by atoms with van der Waals surface area (Å²) in [5.74, 6) is 0. The second kappa shape index (κ2) is 5.16. The van der Waals surface area contributed by atoms with Crippen LogP contribution in [0, 0.1) is 22.7 Å². The van der Waals surface area contributed by atoms with Crippen LogP contribution in [-0.2, 0) is 0 Å². The molecule has 0 bridgehead atoms. The minimum atomic E-state index is -0.0181. The highest BCUT2D eigenvalue weighted by Crippen LogP contribution is 2.22. The van der Waals surface area contributed by atoms with Crippen LogP contribution < -0.4 is 5.32 Å². The maximum absolute atomic E-state index is 9.08. The quantitative estimate of drug-likeness (QED) is 0.814. The van der Waals surface area contributed by atoms with E-state index < -0.39 is 0 Å². The van der Waals surface area contributed by atoms with Crippen molar-refractivity contribution in [3.63, 3.8) is 0 Å². The lowest BCUT2D eigenvalue weighted by molar-refractivity contribution is 0.634. The largest absolute Gasteiger partial charge is 0.367 e. The lowest BCUT2D eigenvalue weighted by atomic mass is 10.0. The Bertz CT molecular complexity index is 584. The van der Waals surface area contributed by atoms with Gasteiger partial charge in [0.25, 0.3) is 0 Å². The van der Waals surface area contributed by atoms with Crippen LogP contribution in [-0.4, -0.2) is 5.71 Å². The fourth-order valence-corrected chi connectivity index (χ4v) is 1.93. The van der Waals surface area contributed by atoms with E-state index in [1.807, 2.05) is 49.4 Å². The lowest BCUT2D eigenvalue weighted by Gasteiger charge is -2.17. The molecule has 1 unspecified atom stereocenters. The van der Waals surface area contributed by atoms with Crippen LogP contribution in [0.15, 0.2) is 46.7 Å². The number of aliphatic imine (C=N–C) groups is 1. The van der Waals surface area contributed by atoms with Crippen LogP contribution in [0.4, 0.5) is 0 Å². The SMILES string of the molecule is CC1=NC(C#N)=C(C#N)NC(c2ccccc2)C1. The summed E-state index contributed by atoms with van der Waals surface area (Å²) in [7, 11) is 0. The maximum Gasteiger partial charge on any atom is 0.174 e. The van der Waals surface area contributed by atoms with E-state index in [0.29, 0.717) is 6.42 Å². The molecule has 0 aromatic heterocycles. The van der Waals surface area contributed by atoms with Gasteiger partial charge in [0.1, 0.15) is 12.1 Å². The monoisotopic (exact) mass is 236 g/mol. The Morgan fingerprint density at radius 2 is 1.94 bits per heavy atom. The lowest BCUT2D eigenvalue weighted by Crippen LogP contribution is -2.21. The summed E-state index contributed by atoms with van der Waals surface area (Å²) in [6.07, 6.45) is 0.681. The molecule has 0 fully saturated rings. The van der Waals surface area contributed by atoms with Crippen molar-refractivity contribution in [3.8, 4) is 12.1 Å². The predicted molar refractivity (Wildman–Crippen MR) is 68.3 cm³/mol. The zero-order valence-corrected chi connectivity index (χ0v) is 10.0. The Kier molecular flexibility index (Phi) is 3.41. The van der Waals surface area contributed by atoms with Gasteiger partial charge in [-0.2, -0.15) is 10.5 Å². The number of nitriles is 2. The molecule has 2 rings (SSSR count). The van der Waals surface area contributed by atoms with Crippen molar-refractivity contribution < 1.29 is 0 Å². The first-order valence-corrected chi connectivity index (χ1v) is 5.64. The van der Waals surface area contributed by atoms with Crippen molar-refractivity contribution in [1.82, 2.24) is 5.32 Å². The second-order valence-corrected chi connectivity index (χ2v) is 4.11. The third kappa shape index (κ3) is 2.39. The molecule has 0 radical (unpaired) electrons. The Morgan fingerprint density at radius 3 is 2.56 bits per heavy atom. The van der Waals surface area contributed by atoms with Crippen LogP contribution >= 0.6 is 0 Å². The van der Waals surface area contributed by atoms with Crippen LogP contribution in [0.5, 0.6) is 0 Å². The summed E-state index contributed by atoms with van der Waals surface area (Å²) in [5, 5.41) is 21.2. The molecule has 1 atom stereocenters. The highest BCUT2D eigenvalue weighted by atomic mass is 15.0. The van der Waals surface area contributed by atoms with Crippen LogP contribution in [0.2, 0.25) is 0 Å². The Morgan fingerprint density at radius 1 is 1.22 bits per heavy atom. The number of nitrogens with one attached hydrogen (secondary N) is 1. The highest BCUT2D eigenvalue weighted by Gasteiger charge is 2.19. The van der Waals surface area contributed by atoms with E-state index in [-0.39, 0.29) is 17.4 Å². The molecule has 0 saturated carbocycles. The summed E-state index contributed by atoms with van der Waals surface area (Å²) in [4.78, 5) is 4.17. The number of hydrogen-bond donors (Lipinski definition) is 1. The van der Waals surface area contributed by atoms with E-state index in [0.717, 1.165) is 11.3 Å². The van der Waals surface area contributed by atoms with E-state index in [9.17, 15) is 0 Å². The molecular formula is C14H12N4. The minimum Gasteiger partial charge on any atom is -0.367 e. The molecule has 1 aliphatic heterocycles. The van der Waals surface area contributed by atoms with Gasteiger partial charge in [0.15, 0.2) is 11.4 Å². The topological polar surface area (TPSA) is 72.0 Å². The Hall–Kier alpha value is -2.59. The molecule has 0 saturated heterocycles. The second-order valence-electron chi connectivity index (χ2n) is 4.11. The molecule has 0 amide bonds. The molecule has 1 N–H and O–H groups in total. The summed E-state index contributed by atoms with van der Waals surface area (Å²) < 4.78 is 0. The van der Waals surface area contributed by atoms with Gasteiger partial charge >= 0.3 is 0 Å². The molecule has 4 nitrogen and oxygen atoms in total. The smallest absolute Gasteiger partial charge is 0.174 e. The normalized spacial score (nSPS) is 19.1. The molecule has 4 heteroatoms. The number of hydrogen-bond acceptors (Lipinski definition) is 4.